The second-order valence-corrected chi connectivity index (χ2v) is 15.0. The van der Waals surface area contributed by atoms with Crippen molar-refractivity contribution in [3.8, 4) is 0 Å². The zero-order valence-electron chi connectivity index (χ0n) is 33.9. The van der Waals surface area contributed by atoms with Gasteiger partial charge in [-0.1, -0.05) is 167 Å². The van der Waals surface area contributed by atoms with Crippen LogP contribution in [0.2, 0.25) is 0 Å². The molecule has 0 rings (SSSR count). The van der Waals surface area contributed by atoms with E-state index in [1.54, 1.807) is 34.6 Å². The molecule has 0 aliphatic rings. The van der Waals surface area contributed by atoms with Crippen molar-refractivity contribution in [3.05, 3.63) is 0 Å². The molecule has 0 aliphatic heterocycles. The Morgan fingerprint density at radius 1 is 0.367 bits per heavy atom. The molecule has 0 amide bonds. The second kappa shape index (κ2) is 33.1. The van der Waals surface area contributed by atoms with E-state index in [-0.39, 0.29) is 41.7 Å². The number of carbonyl (C=O) groups excluding carboxylic acids is 4. The van der Waals surface area contributed by atoms with Crippen LogP contribution in [0.4, 0.5) is 0 Å². The third-order valence-electron chi connectivity index (χ3n) is 10.0. The number of carbonyl (C=O) groups is 4. The summed E-state index contributed by atoms with van der Waals surface area (Å²) in [4.78, 5) is 42.8. The van der Waals surface area contributed by atoms with Gasteiger partial charge >= 0.3 is 41.7 Å². The Bertz CT molecular complexity index is 765. The van der Waals surface area contributed by atoms with E-state index in [1.165, 1.54) is 12.8 Å². The van der Waals surface area contributed by atoms with Crippen molar-refractivity contribution in [1.29, 1.82) is 0 Å². The summed E-state index contributed by atoms with van der Waals surface area (Å²) < 4.78 is 0. The molecule has 0 fully saturated rings. The molecule has 0 aromatic rings. The third kappa shape index (κ3) is 29.5. The summed E-state index contributed by atoms with van der Waals surface area (Å²) in [5.41, 5.74) is -2.45. The van der Waals surface area contributed by atoms with E-state index in [4.69, 9.17) is 0 Å². The Labute approximate surface area is 336 Å². The molecular weight excluding hydrogens is 749 g/mol. The van der Waals surface area contributed by atoms with Crippen LogP contribution in [-0.2, 0) is 19.2 Å². The van der Waals surface area contributed by atoms with Crippen LogP contribution < -0.4 is 20.4 Å². The molecule has 0 heterocycles. The van der Waals surface area contributed by atoms with E-state index < -0.39 is 45.5 Å². The fourth-order valence-corrected chi connectivity index (χ4v) is 4.66. The maximum Gasteiger partial charge on any atom is 4.00 e. The van der Waals surface area contributed by atoms with Gasteiger partial charge in [-0.05, 0) is 44.9 Å². The summed E-state index contributed by atoms with van der Waals surface area (Å²) in [6.45, 7) is 23.0. The van der Waals surface area contributed by atoms with Crippen molar-refractivity contribution in [2.45, 2.75) is 212 Å². The molecule has 49 heavy (non-hydrogen) atoms. The first-order valence-corrected chi connectivity index (χ1v) is 19.1. The van der Waals surface area contributed by atoms with Crippen LogP contribution in [0.15, 0.2) is 0 Å². The van der Waals surface area contributed by atoms with Gasteiger partial charge in [0, 0.05) is 45.5 Å². The molecule has 3 unspecified atom stereocenters. The van der Waals surface area contributed by atoms with Gasteiger partial charge in [0.25, 0.3) is 0 Å². The number of hydrogen-bond donors (Lipinski definition) is 0. The van der Waals surface area contributed by atoms with Crippen molar-refractivity contribution in [2.24, 2.45) is 21.7 Å². The average Bonchev–Trinajstić information content (AvgIpc) is 3.03. The minimum atomic E-state index is -0.931. The fraction of sp³-hybridized carbons (Fsp3) is 0.900. The summed E-state index contributed by atoms with van der Waals surface area (Å²) >= 11 is 0. The van der Waals surface area contributed by atoms with Crippen LogP contribution in [0.3, 0.4) is 0 Å². The standard InChI is InChI=1S/4C10H20O2.Ce/c1-4-5-6-7-8-10(2,3)9(11)12;3*1-4-6-7-8-10(3,5-2)9(11)12;/h4*4-8H2,1-3H3,(H,11,12);/q;;;;+4/p-4. The molecule has 0 radical (unpaired) electrons. The molecular formula is C40H76CeO8. The molecule has 0 saturated heterocycles. The minimum Gasteiger partial charge on any atom is -0.550 e. The minimum absolute atomic E-state index is 0. The van der Waals surface area contributed by atoms with E-state index >= 15 is 0 Å². The molecule has 288 valence electrons. The maximum atomic E-state index is 10.7. The van der Waals surface area contributed by atoms with Gasteiger partial charge in [0.15, 0.2) is 0 Å². The van der Waals surface area contributed by atoms with Gasteiger partial charge < -0.3 is 39.6 Å². The van der Waals surface area contributed by atoms with Crippen LogP contribution in [-0.4, -0.2) is 23.9 Å². The molecule has 8 nitrogen and oxygen atoms in total. The zero-order chi connectivity index (χ0) is 38.5. The number of unbranched alkanes of at least 4 members (excludes halogenated alkanes) is 9. The Balaban J connectivity index is -0.000000174. The molecule has 9 heteroatoms. The summed E-state index contributed by atoms with van der Waals surface area (Å²) in [5, 5.41) is 42.8. The first-order valence-electron chi connectivity index (χ1n) is 19.1. The number of rotatable bonds is 24. The van der Waals surface area contributed by atoms with Crippen molar-refractivity contribution in [3.63, 3.8) is 0 Å². The molecule has 0 aromatic carbocycles. The van der Waals surface area contributed by atoms with Gasteiger partial charge in [-0.15, -0.1) is 0 Å². The van der Waals surface area contributed by atoms with Crippen molar-refractivity contribution >= 4 is 23.9 Å². The Hall–Kier alpha value is -0.743. The van der Waals surface area contributed by atoms with Crippen LogP contribution >= 0.6 is 0 Å². The Morgan fingerprint density at radius 2 is 0.592 bits per heavy atom. The normalized spacial score (nSPS) is 14.3. The van der Waals surface area contributed by atoms with Gasteiger partial charge in [0.05, 0.1) is 0 Å². The predicted molar refractivity (Wildman–Crippen MR) is 190 cm³/mol. The van der Waals surface area contributed by atoms with Crippen molar-refractivity contribution in [2.75, 3.05) is 0 Å². The summed E-state index contributed by atoms with van der Waals surface area (Å²) in [5.74, 6) is -3.64. The number of hydrogen-bond acceptors (Lipinski definition) is 8. The predicted octanol–water partition coefficient (Wildman–Crippen LogP) is 6.93. The van der Waals surface area contributed by atoms with Gasteiger partial charge in [-0.2, -0.15) is 0 Å². The average molecular weight is 825 g/mol. The summed E-state index contributed by atoms with van der Waals surface area (Å²) in [7, 11) is 0. The van der Waals surface area contributed by atoms with Gasteiger partial charge in [0.1, 0.15) is 0 Å². The first kappa shape index (κ1) is 57.6. The first-order chi connectivity index (χ1) is 22.2. The fourth-order valence-electron chi connectivity index (χ4n) is 4.66. The monoisotopic (exact) mass is 824 g/mol. The van der Waals surface area contributed by atoms with Crippen molar-refractivity contribution in [1.82, 2.24) is 0 Å². The van der Waals surface area contributed by atoms with E-state index in [0.29, 0.717) is 19.3 Å². The molecule has 0 N–H and O–H groups in total. The third-order valence-corrected chi connectivity index (χ3v) is 10.0. The quantitative estimate of drug-likeness (QED) is 0.0948. The van der Waals surface area contributed by atoms with Crippen molar-refractivity contribution < 1.29 is 81.4 Å². The molecule has 0 aromatic heterocycles. The van der Waals surface area contributed by atoms with E-state index in [9.17, 15) is 39.6 Å². The Kier molecular flexibility index (Phi) is 38.9. The van der Waals surface area contributed by atoms with Crippen LogP contribution in [0.1, 0.15) is 212 Å². The van der Waals surface area contributed by atoms with Gasteiger partial charge in [-0.3, -0.25) is 0 Å². The van der Waals surface area contributed by atoms with Gasteiger partial charge in [-0.25, -0.2) is 0 Å². The van der Waals surface area contributed by atoms with Gasteiger partial charge in [0.2, 0.25) is 0 Å². The van der Waals surface area contributed by atoms with Crippen LogP contribution in [0, 0.1) is 63.4 Å². The molecule has 0 aliphatic carbocycles. The number of carboxylic acid groups (broad SMARTS) is 4. The van der Waals surface area contributed by atoms with Crippen LogP contribution in [0.25, 0.3) is 0 Å². The maximum absolute atomic E-state index is 10.7. The number of carboxylic acids is 4. The molecule has 3 atom stereocenters. The molecule has 0 bridgehead atoms. The molecule has 0 saturated carbocycles. The topological polar surface area (TPSA) is 161 Å². The SMILES string of the molecule is CCCCCC(C)(CC)C(=O)[O-].CCCCCC(C)(CC)C(=O)[O-].CCCCCC(C)(CC)C(=O)[O-].CCCCCCC(C)(C)C(=O)[O-].[Ce+4]. The largest absolute Gasteiger partial charge is 4.00 e. The van der Waals surface area contributed by atoms with E-state index in [2.05, 4.69) is 27.7 Å². The molecule has 0 spiro atoms. The van der Waals surface area contributed by atoms with E-state index in [1.807, 2.05) is 20.8 Å². The summed E-state index contributed by atoms with van der Waals surface area (Å²) in [6, 6.07) is 0. The summed E-state index contributed by atoms with van der Waals surface area (Å²) in [6.07, 6.45) is 19.2. The van der Waals surface area contributed by atoms with Crippen LogP contribution in [0.5, 0.6) is 0 Å². The zero-order valence-corrected chi connectivity index (χ0v) is 37.0. The number of aliphatic carboxylic acids is 4. The van der Waals surface area contributed by atoms with E-state index in [0.717, 1.165) is 96.3 Å². The second-order valence-electron chi connectivity index (χ2n) is 15.0. The smallest absolute Gasteiger partial charge is 0.550 e. The Morgan fingerprint density at radius 3 is 0.776 bits per heavy atom.